The van der Waals surface area contributed by atoms with Crippen molar-refractivity contribution in [1.82, 2.24) is 10.3 Å². The van der Waals surface area contributed by atoms with Gasteiger partial charge in [0, 0.05) is 48.1 Å². The van der Waals surface area contributed by atoms with Crippen LogP contribution in [0.5, 0.6) is 5.75 Å². The lowest BCUT2D eigenvalue weighted by Gasteiger charge is -2.17. The Morgan fingerprint density at radius 3 is 2.50 bits per heavy atom. The van der Waals surface area contributed by atoms with Crippen LogP contribution < -0.4 is 10.1 Å². The van der Waals surface area contributed by atoms with Crippen LogP contribution in [-0.2, 0) is 16.0 Å². The van der Waals surface area contributed by atoms with E-state index in [0.29, 0.717) is 19.8 Å². The fourth-order valence-corrected chi connectivity index (χ4v) is 3.33. The molecule has 0 aliphatic rings. The van der Waals surface area contributed by atoms with E-state index < -0.39 is 0 Å². The smallest absolute Gasteiger partial charge is 0.169 e. The summed E-state index contributed by atoms with van der Waals surface area (Å²) in [5.74, 6) is 0.871. The molecule has 140 valence electrons. The summed E-state index contributed by atoms with van der Waals surface area (Å²) in [6.07, 6.45) is -0.202. The number of nitrogens with one attached hydrogen (secondary N) is 2. The minimum atomic E-state index is -0.202. The summed E-state index contributed by atoms with van der Waals surface area (Å²) in [6.45, 7) is 8.83. The summed E-state index contributed by atoms with van der Waals surface area (Å²) in [6, 6.07) is 10.6. The lowest BCUT2D eigenvalue weighted by molar-refractivity contribution is -0.133. The molecule has 0 saturated carbocycles. The summed E-state index contributed by atoms with van der Waals surface area (Å²) in [7, 11) is 1.70. The molecule has 0 amide bonds. The molecule has 0 atom stereocenters. The maximum absolute atomic E-state index is 5.58. The van der Waals surface area contributed by atoms with Crippen LogP contribution in [0.25, 0.3) is 21.8 Å². The Morgan fingerprint density at radius 2 is 1.81 bits per heavy atom. The molecular formula is C21H28N2O3. The van der Waals surface area contributed by atoms with Crippen molar-refractivity contribution in [3.8, 4) is 5.75 Å². The van der Waals surface area contributed by atoms with E-state index in [1.807, 2.05) is 19.9 Å². The van der Waals surface area contributed by atoms with Crippen LogP contribution in [0.1, 0.15) is 25.0 Å². The van der Waals surface area contributed by atoms with Crippen molar-refractivity contribution in [1.29, 1.82) is 0 Å². The number of benzene rings is 2. The molecule has 3 aromatic rings. The zero-order chi connectivity index (χ0) is 18.5. The van der Waals surface area contributed by atoms with Gasteiger partial charge in [-0.15, -0.1) is 0 Å². The Bertz CT molecular complexity index is 866. The van der Waals surface area contributed by atoms with Crippen molar-refractivity contribution in [2.45, 2.75) is 33.6 Å². The quantitative estimate of drug-likeness (QED) is 0.566. The van der Waals surface area contributed by atoms with Crippen molar-refractivity contribution in [3.63, 3.8) is 0 Å². The first-order valence-electron chi connectivity index (χ1n) is 9.19. The maximum atomic E-state index is 5.58. The first-order valence-corrected chi connectivity index (χ1v) is 9.19. The van der Waals surface area contributed by atoms with E-state index in [-0.39, 0.29) is 6.29 Å². The molecule has 0 aliphatic heterocycles. The molecule has 0 unspecified atom stereocenters. The summed E-state index contributed by atoms with van der Waals surface area (Å²) in [5.41, 5.74) is 4.78. The standard InChI is InChI=1S/C21H28N2O3/c1-5-25-20(26-6-2)13-22-12-15-9-14(3)21-18(10-15)17-11-16(24-4)7-8-19(17)23-21/h7-11,20,22-23H,5-6,12-13H2,1-4H3. The average Bonchev–Trinajstić information content (AvgIpc) is 3.00. The van der Waals surface area contributed by atoms with Crippen LogP contribution in [0, 0.1) is 6.92 Å². The topological polar surface area (TPSA) is 55.5 Å². The Labute approximate surface area is 154 Å². The van der Waals surface area contributed by atoms with Gasteiger partial charge >= 0.3 is 0 Å². The zero-order valence-corrected chi connectivity index (χ0v) is 16.0. The predicted molar refractivity (Wildman–Crippen MR) is 106 cm³/mol. The highest BCUT2D eigenvalue weighted by atomic mass is 16.7. The fourth-order valence-electron chi connectivity index (χ4n) is 3.33. The highest BCUT2D eigenvalue weighted by molar-refractivity contribution is 6.08. The van der Waals surface area contributed by atoms with Gasteiger partial charge in [-0.05, 0) is 56.2 Å². The lowest BCUT2D eigenvalue weighted by Crippen LogP contribution is -2.31. The summed E-state index contributed by atoms with van der Waals surface area (Å²) >= 11 is 0. The van der Waals surface area contributed by atoms with Gasteiger partial charge in [-0.3, -0.25) is 0 Å². The fraction of sp³-hybridized carbons (Fsp3) is 0.429. The van der Waals surface area contributed by atoms with Crippen molar-refractivity contribution in [2.24, 2.45) is 0 Å². The first-order chi connectivity index (χ1) is 12.7. The number of rotatable bonds is 9. The van der Waals surface area contributed by atoms with E-state index in [1.165, 1.54) is 27.4 Å². The van der Waals surface area contributed by atoms with Crippen LogP contribution in [0.2, 0.25) is 0 Å². The lowest BCUT2D eigenvalue weighted by atomic mass is 10.0. The number of aromatic amines is 1. The number of hydrogen-bond donors (Lipinski definition) is 2. The van der Waals surface area contributed by atoms with Gasteiger partial charge in [-0.2, -0.15) is 0 Å². The molecule has 2 aromatic carbocycles. The monoisotopic (exact) mass is 356 g/mol. The van der Waals surface area contributed by atoms with E-state index in [0.717, 1.165) is 17.8 Å². The van der Waals surface area contributed by atoms with Crippen LogP contribution >= 0.6 is 0 Å². The van der Waals surface area contributed by atoms with Gasteiger partial charge in [0.2, 0.25) is 0 Å². The van der Waals surface area contributed by atoms with E-state index in [2.05, 4.69) is 41.5 Å². The van der Waals surface area contributed by atoms with E-state index >= 15 is 0 Å². The molecule has 0 spiro atoms. The second kappa shape index (κ2) is 8.54. The molecule has 5 nitrogen and oxygen atoms in total. The number of H-pyrrole nitrogens is 1. The van der Waals surface area contributed by atoms with Crippen LogP contribution in [0.4, 0.5) is 0 Å². The number of hydrogen-bond acceptors (Lipinski definition) is 4. The van der Waals surface area contributed by atoms with Crippen LogP contribution in [0.3, 0.4) is 0 Å². The Hall–Kier alpha value is -2.08. The molecule has 26 heavy (non-hydrogen) atoms. The predicted octanol–water partition coefficient (Wildman–Crippen LogP) is 4.13. The van der Waals surface area contributed by atoms with Crippen molar-refractivity contribution >= 4 is 21.8 Å². The molecule has 1 heterocycles. The van der Waals surface area contributed by atoms with Gasteiger partial charge in [0.1, 0.15) is 5.75 Å². The number of aryl methyl sites for hydroxylation is 1. The molecule has 5 heteroatoms. The maximum Gasteiger partial charge on any atom is 0.169 e. The SMILES string of the molecule is CCOC(CNCc1cc(C)c2[nH]c3ccc(OC)cc3c2c1)OCC. The van der Waals surface area contributed by atoms with Crippen molar-refractivity contribution < 1.29 is 14.2 Å². The van der Waals surface area contributed by atoms with Gasteiger partial charge in [0.05, 0.1) is 7.11 Å². The Balaban J connectivity index is 1.82. The average molecular weight is 356 g/mol. The molecule has 0 saturated heterocycles. The molecular weight excluding hydrogens is 328 g/mol. The van der Waals surface area contributed by atoms with Gasteiger partial charge < -0.3 is 24.5 Å². The summed E-state index contributed by atoms with van der Waals surface area (Å²) in [5, 5.41) is 5.85. The van der Waals surface area contributed by atoms with Crippen LogP contribution in [0.15, 0.2) is 30.3 Å². The molecule has 0 radical (unpaired) electrons. The molecule has 2 N–H and O–H groups in total. The Kier molecular flexibility index (Phi) is 6.14. The zero-order valence-electron chi connectivity index (χ0n) is 16.0. The number of aromatic nitrogens is 1. The second-order valence-electron chi connectivity index (χ2n) is 6.34. The van der Waals surface area contributed by atoms with Gasteiger partial charge in [0.25, 0.3) is 0 Å². The van der Waals surface area contributed by atoms with Gasteiger partial charge in [-0.25, -0.2) is 0 Å². The largest absolute Gasteiger partial charge is 0.497 e. The van der Waals surface area contributed by atoms with Gasteiger partial charge in [0.15, 0.2) is 6.29 Å². The minimum absolute atomic E-state index is 0.202. The van der Waals surface area contributed by atoms with Gasteiger partial charge in [-0.1, -0.05) is 6.07 Å². The molecule has 3 rings (SSSR count). The van der Waals surface area contributed by atoms with E-state index in [1.54, 1.807) is 7.11 Å². The molecule has 0 aliphatic carbocycles. The van der Waals surface area contributed by atoms with Crippen molar-refractivity contribution in [2.75, 3.05) is 26.9 Å². The summed E-state index contributed by atoms with van der Waals surface area (Å²) in [4.78, 5) is 3.52. The number of ether oxygens (including phenoxy) is 3. The Morgan fingerprint density at radius 1 is 1.04 bits per heavy atom. The third kappa shape index (κ3) is 4.01. The first kappa shape index (κ1) is 18.7. The van der Waals surface area contributed by atoms with E-state index in [9.17, 15) is 0 Å². The number of fused-ring (bicyclic) bond motifs is 3. The minimum Gasteiger partial charge on any atom is -0.497 e. The third-order valence-electron chi connectivity index (χ3n) is 4.52. The number of methoxy groups -OCH3 is 1. The molecule has 0 fully saturated rings. The molecule has 1 aromatic heterocycles. The van der Waals surface area contributed by atoms with E-state index in [4.69, 9.17) is 14.2 Å². The second-order valence-corrected chi connectivity index (χ2v) is 6.34. The normalized spacial score (nSPS) is 11.7. The molecule has 0 bridgehead atoms. The summed E-state index contributed by atoms with van der Waals surface area (Å²) < 4.78 is 16.5. The van der Waals surface area contributed by atoms with Crippen molar-refractivity contribution in [3.05, 3.63) is 41.5 Å². The highest BCUT2D eigenvalue weighted by Gasteiger charge is 2.11. The van der Waals surface area contributed by atoms with Crippen LogP contribution in [-0.4, -0.2) is 38.1 Å². The highest BCUT2D eigenvalue weighted by Crippen LogP contribution is 2.31. The third-order valence-corrected chi connectivity index (χ3v) is 4.52.